The Morgan fingerprint density at radius 3 is 2.85 bits per heavy atom. The predicted octanol–water partition coefficient (Wildman–Crippen LogP) is 0.622. The van der Waals surface area contributed by atoms with Crippen molar-refractivity contribution in [3.8, 4) is 0 Å². The van der Waals surface area contributed by atoms with Crippen LogP contribution < -0.4 is 5.32 Å². The maximum absolute atomic E-state index is 12.8. The number of imidazole rings is 1. The van der Waals surface area contributed by atoms with E-state index in [4.69, 9.17) is 0 Å². The van der Waals surface area contributed by atoms with E-state index in [2.05, 4.69) is 10.3 Å². The van der Waals surface area contributed by atoms with Crippen LogP contribution in [0.1, 0.15) is 26.1 Å². The number of rotatable bonds is 2. The molecule has 0 bridgehead atoms. The third-order valence-electron chi connectivity index (χ3n) is 4.23. The van der Waals surface area contributed by atoms with Crippen LogP contribution in [0.4, 0.5) is 0 Å². The highest BCUT2D eigenvalue weighted by Gasteiger charge is 2.37. The number of aromatic nitrogens is 2. The highest BCUT2D eigenvalue weighted by molar-refractivity contribution is 7.89. The van der Waals surface area contributed by atoms with Gasteiger partial charge in [-0.25, -0.2) is 13.4 Å². The lowest BCUT2D eigenvalue weighted by molar-refractivity contribution is 0.231. The zero-order valence-corrected chi connectivity index (χ0v) is 13.4. The van der Waals surface area contributed by atoms with Crippen molar-refractivity contribution in [1.82, 2.24) is 19.2 Å². The van der Waals surface area contributed by atoms with E-state index in [0.29, 0.717) is 18.1 Å². The molecule has 1 fully saturated rings. The molecular formula is C12H21ClN4O2S. The van der Waals surface area contributed by atoms with E-state index < -0.39 is 10.0 Å². The van der Waals surface area contributed by atoms with Gasteiger partial charge >= 0.3 is 0 Å². The summed E-state index contributed by atoms with van der Waals surface area (Å²) in [5, 5.41) is 3.66. The number of hydrogen-bond acceptors (Lipinski definition) is 4. The van der Waals surface area contributed by atoms with Gasteiger partial charge < -0.3 is 9.88 Å². The molecule has 2 aliphatic rings. The van der Waals surface area contributed by atoms with Crippen molar-refractivity contribution in [2.24, 2.45) is 0 Å². The fraction of sp³-hybridized carbons (Fsp3) is 0.750. The number of aryl methyl sites for hydroxylation is 1. The molecule has 1 saturated heterocycles. The van der Waals surface area contributed by atoms with Crippen LogP contribution in [0.3, 0.4) is 0 Å². The highest BCUT2D eigenvalue weighted by Crippen LogP contribution is 2.25. The van der Waals surface area contributed by atoms with Gasteiger partial charge in [0, 0.05) is 38.1 Å². The second-order valence-electron chi connectivity index (χ2n) is 5.37. The van der Waals surface area contributed by atoms with Gasteiger partial charge in [-0.3, -0.25) is 0 Å². The van der Waals surface area contributed by atoms with Crippen LogP contribution in [0.15, 0.2) is 11.2 Å². The Balaban J connectivity index is 0.00000147. The SMILES string of the molecule is CC1NCCN(S(=O)(=O)c2cnc3n2CCC3)C1C.Cl. The fourth-order valence-electron chi connectivity index (χ4n) is 2.92. The smallest absolute Gasteiger partial charge is 0.260 e. The lowest BCUT2D eigenvalue weighted by Gasteiger charge is -2.37. The zero-order valence-electron chi connectivity index (χ0n) is 11.7. The normalized spacial score (nSPS) is 27.1. The summed E-state index contributed by atoms with van der Waals surface area (Å²) in [6, 6.07) is 0.135. The first-order chi connectivity index (χ1) is 9.01. The molecule has 1 aromatic rings. The molecule has 0 aliphatic carbocycles. The molecule has 3 rings (SSSR count). The van der Waals surface area contributed by atoms with Crippen LogP contribution in [-0.4, -0.2) is 47.4 Å². The van der Waals surface area contributed by atoms with E-state index in [-0.39, 0.29) is 24.5 Å². The first-order valence-corrected chi connectivity index (χ1v) is 8.25. The first-order valence-electron chi connectivity index (χ1n) is 6.81. The van der Waals surface area contributed by atoms with Crippen LogP contribution in [0.5, 0.6) is 0 Å². The number of hydrogen-bond donors (Lipinski definition) is 1. The molecule has 1 N–H and O–H groups in total. The monoisotopic (exact) mass is 320 g/mol. The van der Waals surface area contributed by atoms with Gasteiger partial charge in [0.25, 0.3) is 10.0 Å². The van der Waals surface area contributed by atoms with Crippen molar-refractivity contribution in [2.75, 3.05) is 13.1 Å². The quantitative estimate of drug-likeness (QED) is 0.867. The summed E-state index contributed by atoms with van der Waals surface area (Å²) in [6.07, 6.45) is 3.38. The summed E-state index contributed by atoms with van der Waals surface area (Å²) in [4.78, 5) is 4.24. The number of piperazine rings is 1. The average molecular weight is 321 g/mol. The summed E-state index contributed by atoms with van der Waals surface area (Å²) in [7, 11) is -3.43. The molecule has 6 nitrogen and oxygen atoms in total. The third-order valence-corrected chi connectivity index (χ3v) is 6.22. The summed E-state index contributed by atoms with van der Waals surface area (Å²) in [6.45, 7) is 5.96. The standard InChI is InChI=1S/C12H20N4O2S.ClH/c1-9-10(2)16(7-5-13-9)19(17,18)12-8-14-11-4-3-6-15(11)12;/h8-10,13H,3-7H2,1-2H3;1H. The zero-order chi connectivity index (χ0) is 13.6. The van der Waals surface area contributed by atoms with E-state index in [1.165, 1.54) is 6.20 Å². The van der Waals surface area contributed by atoms with Crippen molar-refractivity contribution < 1.29 is 8.42 Å². The van der Waals surface area contributed by atoms with E-state index in [0.717, 1.165) is 25.2 Å². The molecule has 2 unspecified atom stereocenters. The van der Waals surface area contributed by atoms with Crippen LogP contribution in [0.2, 0.25) is 0 Å². The molecule has 8 heteroatoms. The van der Waals surface area contributed by atoms with Crippen molar-refractivity contribution in [3.05, 3.63) is 12.0 Å². The molecule has 0 aromatic carbocycles. The number of halogens is 1. The number of nitrogens with zero attached hydrogens (tertiary/aromatic N) is 3. The Morgan fingerprint density at radius 2 is 2.10 bits per heavy atom. The minimum Gasteiger partial charge on any atom is -0.318 e. The van der Waals surface area contributed by atoms with E-state index in [1.807, 2.05) is 18.4 Å². The van der Waals surface area contributed by atoms with Crippen LogP contribution in [0, 0.1) is 0 Å². The largest absolute Gasteiger partial charge is 0.318 e. The molecular weight excluding hydrogens is 300 g/mol. The number of fused-ring (bicyclic) bond motifs is 1. The number of nitrogens with one attached hydrogen (secondary N) is 1. The molecule has 0 amide bonds. The molecule has 2 atom stereocenters. The van der Waals surface area contributed by atoms with Crippen LogP contribution >= 0.6 is 12.4 Å². The van der Waals surface area contributed by atoms with Gasteiger partial charge in [-0.1, -0.05) is 0 Å². The van der Waals surface area contributed by atoms with E-state index in [9.17, 15) is 8.42 Å². The van der Waals surface area contributed by atoms with Crippen molar-refractivity contribution in [2.45, 2.75) is 50.3 Å². The molecule has 20 heavy (non-hydrogen) atoms. The molecule has 1 aromatic heterocycles. The molecule has 2 aliphatic heterocycles. The maximum Gasteiger partial charge on any atom is 0.260 e. The second kappa shape index (κ2) is 5.63. The minimum atomic E-state index is -3.43. The molecule has 0 radical (unpaired) electrons. The van der Waals surface area contributed by atoms with Gasteiger partial charge in [0.15, 0.2) is 5.03 Å². The van der Waals surface area contributed by atoms with Gasteiger partial charge in [0.1, 0.15) is 5.82 Å². The van der Waals surface area contributed by atoms with E-state index >= 15 is 0 Å². The van der Waals surface area contributed by atoms with Crippen LogP contribution in [-0.2, 0) is 23.0 Å². The molecule has 0 saturated carbocycles. The first kappa shape index (κ1) is 15.8. The molecule has 114 valence electrons. The van der Waals surface area contributed by atoms with Crippen molar-refractivity contribution >= 4 is 22.4 Å². The lowest BCUT2D eigenvalue weighted by Crippen LogP contribution is -2.57. The van der Waals surface area contributed by atoms with Crippen molar-refractivity contribution in [1.29, 1.82) is 0 Å². The third kappa shape index (κ3) is 2.36. The number of sulfonamides is 1. The Morgan fingerprint density at radius 1 is 1.35 bits per heavy atom. The van der Waals surface area contributed by atoms with E-state index in [1.54, 1.807) is 4.31 Å². The summed E-state index contributed by atoms with van der Waals surface area (Å²) in [5.74, 6) is 0.898. The van der Waals surface area contributed by atoms with Gasteiger partial charge in [-0.05, 0) is 20.3 Å². The van der Waals surface area contributed by atoms with Gasteiger partial charge in [0.2, 0.25) is 0 Å². The maximum atomic E-state index is 12.8. The highest BCUT2D eigenvalue weighted by atomic mass is 35.5. The average Bonchev–Trinajstić information content (AvgIpc) is 2.93. The minimum absolute atomic E-state index is 0. The van der Waals surface area contributed by atoms with Gasteiger partial charge in [-0.15, -0.1) is 12.4 Å². The summed E-state index contributed by atoms with van der Waals surface area (Å²) < 4.78 is 29.1. The Bertz CT molecular complexity index is 586. The summed E-state index contributed by atoms with van der Waals surface area (Å²) in [5.41, 5.74) is 0. The Kier molecular flexibility index (Phi) is 4.44. The lowest BCUT2D eigenvalue weighted by atomic mass is 10.1. The topological polar surface area (TPSA) is 67.2 Å². The molecule has 3 heterocycles. The molecule has 0 spiro atoms. The van der Waals surface area contributed by atoms with Crippen LogP contribution in [0.25, 0.3) is 0 Å². The van der Waals surface area contributed by atoms with Gasteiger partial charge in [0.05, 0.1) is 6.20 Å². The predicted molar refractivity (Wildman–Crippen MR) is 78.6 cm³/mol. The van der Waals surface area contributed by atoms with Gasteiger partial charge in [-0.2, -0.15) is 4.31 Å². The fourth-order valence-corrected chi connectivity index (χ4v) is 4.77. The second-order valence-corrected chi connectivity index (χ2v) is 7.20. The van der Waals surface area contributed by atoms with Crippen molar-refractivity contribution in [3.63, 3.8) is 0 Å². The summed E-state index contributed by atoms with van der Waals surface area (Å²) >= 11 is 0. The Labute approximate surface area is 126 Å². The Hall–Kier alpha value is -0.630.